The Morgan fingerprint density at radius 2 is 2.19 bits per heavy atom. The van der Waals surface area contributed by atoms with Crippen LogP contribution in [0.5, 0.6) is 0 Å². The zero-order chi connectivity index (χ0) is 15.0. The molecule has 1 aromatic carbocycles. The summed E-state index contributed by atoms with van der Waals surface area (Å²) in [4.78, 5) is 4.40. The first kappa shape index (κ1) is 14.5. The van der Waals surface area contributed by atoms with Crippen LogP contribution in [0, 0.1) is 5.82 Å². The highest BCUT2D eigenvalue weighted by molar-refractivity contribution is 9.10. The molecule has 0 N–H and O–H groups in total. The number of alkyl halides is 1. The molecule has 0 amide bonds. The van der Waals surface area contributed by atoms with E-state index in [-0.39, 0.29) is 5.82 Å². The molecule has 0 aliphatic heterocycles. The molecule has 0 saturated heterocycles. The normalized spacial score (nSPS) is 11.4. The number of hydrogen-bond acceptors (Lipinski definition) is 2. The van der Waals surface area contributed by atoms with Crippen LogP contribution in [-0.2, 0) is 25.9 Å². The number of fused-ring (bicyclic) bond motifs is 1. The predicted molar refractivity (Wildman–Crippen MR) is 83.9 cm³/mol. The maximum absolute atomic E-state index is 13.6. The third-order valence-corrected chi connectivity index (χ3v) is 4.35. The fraction of sp³-hybridized carbons (Fsp3) is 0.286. The monoisotopic (exact) mass is 370 g/mol. The molecule has 3 rings (SSSR count). The Balaban J connectivity index is 2.00. The number of hydrogen-bond donors (Lipinski definition) is 0. The van der Waals surface area contributed by atoms with Crippen molar-refractivity contribution in [2.75, 3.05) is 0 Å². The van der Waals surface area contributed by atoms with Crippen LogP contribution in [0.4, 0.5) is 4.39 Å². The number of aryl methyl sites for hydroxylation is 3. The van der Waals surface area contributed by atoms with E-state index < -0.39 is 0 Å². The molecule has 110 valence electrons. The van der Waals surface area contributed by atoms with Gasteiger partial charge in [0.05, 0.1) is 21.4 Å². The fourth-order valence-electron chi connectivity index (χ4n) is 2.39. The van der Waals surface area contributed by atoms with E-state index >= 15 is 0 Å². The van der Waals surface area contributed by atoms with Gasteiger partial charge in [0.1, 0.15) is 11.6 Å². The van der Waals surface area contributed by atoms with Gasteiger partial charge in [0, 0.05) is 38.0 Å². The van der Waals surface area contributed by atoms with Crippen molar-refractivity contribution in [3.8, 4) is 0 Å². The van der Waals surface area contributed by atoms with Gasteiger partial charge in [-0.1, -0.05) is 0 Å². The summed E-state index contributed by atoms with van der Waals surface area (Å²) in [6.07, 6.45) is 2.58. The lowest BCUT2D eigenvalue weighted by molar-refractivity contribution is 0.621. The van der Waals surface area contributed by atoms with Gasteiger partial charge in [-0.15, -0.1) is 11.6 Å². The van der Waals surface area contributed by atoms with Crippen molar-refractivity contribution in [2.45, 2.75) is 18.8 Å². The molecule has 0 saturated carbocycles. The van der Waals surface area contributed by atoms with E-state index in [2.05, 4.69) is 26.0 Å². The van der Waals surface area contributed by atoms with Gasteiger partial charge in [-0.2, -0.15) is 5.10 Å². The van der Waals surface area contributed by atoms with E-state index in [0.29, 0.717) is 15.9 Å². The summed E-state index contributed by atoms with van der Waals surface area (Å²) in [5, 5.41) is 4.16. The molecule has 7 heteroatoms. The highest BCUT2D eigenvalue weighted by atomic mass is 79.9. The Morgan fingerprint density at radius 1 is 1.38 bits per heavy atom. The molecular formula is C14H13BrClFN4. The Labute approximate surface area is 134 Å². The van der Waals surface area contributed by atoms with Crippen LogP contribution < -0.4 is 0 Å². The Morgan fingerprint density at radius 3 is 2.86 bits per heavy atom. The lowest BCUT2D eigenvalue weighted by Crippen LogP contribution is -2.08. The van der Waals surface area contributed by atoms with Crippen molar-refractivity contribution in [3.63, 3.8) is 0 Å². The molecule has 0 radical (unpaired) electrons. The standard InChI is InChI=1S/C14H13BrClFN4/c1-20-9(2-4-18-20)3-5-21-13-6-10(15)11(17)7-12(13)19-14(21)8-16/h2,4,6-7H,3,5,8H2,1H3. The summed E-state index contributed by atoms with van der Waals surface area (Å²) in [5.41, 5.74) is 2.62. The van der Waals surface area contributed by atoms with Gasteiger partial charge < -0.3 is 4.57 Å². The minimum absolute atomic E-state index is 0.291. The first-order chi connectivity index (χ1) is 10.1. The van der Waals surface area contributed by atoms with E-state index in [1.165, 1.54) is 6.07 Å². The highest BCUT2D eigenvalue weighted by Gasteiger charge is 2.13. The molecule has 2 heterocycles. The topological polar surface area (TPSA) is 35.6 Å². The van der Waals surface area contributed by atoms with Crippen LogP contribution in [0.2, 0.25) is 0 Å². The second-order valence-electron chi connectivity index (χ2n) is 4.76. The summed E-state index contributed by atoms with van der Waals surface area (Å²) in [6.45, 7) is 0.718. The Hall–Kier alpha value is -1.40. The van der Waals surface area contributed by atoms with E-state index in [4.69, 9.17) is 11.6 Å². The molecule has 2 aromatic heterocycles. The van der Waals surface area contributed by atoms with Crippen LogP contribution in [0.3, 0.4) is 0 Å². The first-order valence-electron chi connectivity index (χ1n) is 6.47. The molecule has 0 aliphatic rings. The number of rotatable bonds is 4. The average Bonchev–Trinajstić information content (AvgIpc) is 3.01. The Kier molecular flexibility index (Phi) is 3.99. The van der Waals surface area contributed by atoms with Crippen LogP contribution in [0.1, 0.15) is 11.5 Å². The second-order valence-corrected chi connectivity index (χ2v) is 5.89. The van der Waals surface area contributed by atoms with Gasteiger partial charge >= 0.3 is 0 Å². The molecule has 0 unspecified atom stereocenters. The summed E-state index contributed by atoms with van der Waals surface area (Å²) < 4.78 is 17.9. The molecule has 0 aliphatic carbocycles. The highest BCUT2D eigenvalue weighted by Crippen LogP contribution is 2.25. The quantitative estimate of drug-likeness (QED) is 0.656. The maximum Gasteiger partial charge on any atom is 0.139 e. The van der Waals surface area contributed by atoms with Crippen LogP contribution in [0.15, 0.2) is 28.9 Å². The zero-order valence-corrected chi connectivity index (χ0v) is 13.7. The van der Waals surface area contributed by atoms with Gasteiger partial charge in [-0.3, -0.25) is 4.68 Å². The zero-order valence-electron chi connectivity index (χ0n) is 11.4. The number of nitrogens with zero attached hydrogens (tertiary/aromatic N) is 4. The molecule has 0 atom stereocenters. The van der Waals surface area contributed by atoms with Crippen molar-refractivity contribution in [1.29, 1.82) is 0 Å². The van der Waals surface area contributed by atoms with E-state index in [0.717, 1.165) is 30.0 Å². The number of benzene rings is 1. The van der Waals surface area contributed by atoms with Crippen molar-refractivity contribution in [3.05, 3.63) is 46.2 Å². The number of halogens is 3. The van der Waals surface area contributed by atoms with E-state index in [9.17, 15) is 4.39 Å². The predicted octanol–water partition coefficient (Wildman–Crippen LogP) is 3.65. The first-order valence-corrected chi connectivity index (χ1v) is 7.80. The molecule has 0 spiro atoms. The average molecular weight is 372 g/mol. The minimum atomic E-state index is -0.320. The third kappa shape index (κ3) is 2.70. The molecule has 3 aromatic rings. The van der Waals surface area contributed by atoms with Crippen molar-refractivity contribution >= 4 is 38.6 Å². The van der Waals surface area contributed by atoms with Gasteiger partial charge in [0.2, 0.25) is 0 Å². The van der Waals surface area contributed by atoms with Crippen molar-refractivity contribution in [2.24, 2.45) is 7.05 Å². The molecule has 4 nitrogen and oxygen atoms in total. The molecule has 0 fully saturated rings. The largest absolute Gasteiger partial charge is 0.327 e. The molecule has 21 heavy (non-hydrogen) atoms. The second kappa shape index (κ2) is 5.77. The van der Waals surface area contributed by atoms with Gasteiger partial charge in [0.15, 0.2) is 0 Å². The summed E-state index contributed by atoms with van der Waals surface area (Å²) in [7, 11) is 1.91. The minimum Gasteiger partial charge on any atom is -0.327 e. The van der Waals surface area contributed by atoms with Crippen LogP contribution in [-0.4, -0.2) is 19.3 Å². The number of imidazole rings is 1. The van der Waals surface area contributed by atoms with Gasteiger partial charge in [-0.25, -0.2) is 9.37 Å². The van der Waals surface area contributed by atoms with Crippen molar-refractivity contribution in [1.82, 2.24) is 19.3 Å². The van der Waals surface area contributed by atoms with Crippen molar-refractivity contribution < 1.29 is 4.39 Å². The van der Waals surface area contributed by atoms with Gasteiger partial charge in [0.25, 0.3) is 0 Å². The number of aromatic nitrogens is 4. The summed E-state index contributed by atoms with van der Waals surface area (Å²) in [6, 6.07) is 5.15. The Bertz CT molecular complexity index is 796. The van der Waals surface area contributed by atoms with E-state index in [1.54, 1.807) is 12.3 Å². The molecular weight excluding hydrogens is 359 g/mol. The smallest absolute Gasteiger partial charge is 0.139 e. The molecule has 0 bridgehead atoms. The summed E-state index contributed by atoms with van der Waals surface area (Å²) >= 11 is 9.19. The fourth-order valence-corrected chi connectivity index (χ4v) is 2.93. The summed E-state index contributed by atoms with van der Waals surface area (Å²) in [5.74, 6) is 0.713. The lowest BCUT2D eigenvalue weighted by atomic mass is 10.2. The van der Waals surface area contributed by atoms with Crippen LogP contribution >= 0.6 is 27.5 Å². The maximum atomic E-state index is 13.6. The van der Waals surface area contributed by atoms with Gasteiger partial charge in [-0.05, 0) is 28.1 Å². The van der Waals surface area contributed by atoms with E-state index in [1.807, 2.05) is 22.4 Å². The lowest BCUT2D eigenvalue weighted by Gasteiger charge is -2.08. The SMILES string of the molecule is Cn1nccc1CCn1c(CCl)nc2cc(F)c(Br)cc21. The third-order valence-electron chi connectivity index (χ3n) is 3.50. The van der Waals surface area contributed by atoms with Crippen LogP contribution in [0.25, 0.3) is 11.0 Å².